The third-order valence-corrected chi connectivity index (χ3v) is 2.12. The zero-order chi connectivity index (χ0) is 11.4. The van der Waals surface area contributed by atoms with Crippen LogP contribution in [0, 0.1) is 6.92 Å². The number of hydrogen-bond acceptors (Lipinski definition) is 3. The number of aromatic hydroxyl groups is 1. The average Bonchev–Trinajstić information content (AvgIpc) is 2.18. The molecular formula is C10H12N2O2S. The van der Waals surface area contributed by atoms with Crippen LogP contribution < -0.4 is 11.1 Å². The quantitative estimate of drug-likeness (QED) is 0.661. The molecule has 1 amide bonds. The van der Waals surface area contributed by atoms with E-state index in [0.29, 0.717) is 11.1 Å². The predicted molar refractivity (Wildman–Crippen MR) is 62.0 cm³/mol. The Kier molecular flexibility index (Phi) is 3.62. The van der Waals surface area contributed by atoms with Gasteiger partial charge in [0.2, 0.25) is 0 Å². The number of rotatable bonds is 3. The maximum Gasteiger partial charge on any atom is 0.252 e. The maximum absolute atomic E-state index is 11.6. The lowest BCUT2D eigenvalue weighted by atomic mass is 10.1. The summed E-state index contributed by atoms with van der Waals surface area (Å²) in [6, 6.07) is 4.77. The number of hydrogen-bond donors (Lipinski definition) is 3. The van der Waals surface area contributed by atoms with Gasteiger partial charge in [-0.3, -0.25) is 4.79 Å². The van der Waals surface area contributed by atoms with Gasteiger partial charge in [0.1, 0.15) is 5.75 Å². The van der Waals surface area contributed by atoms with Crippen molar-refractivity contribution in [1.82, 2.24) is 5.32 Å². The Bertz CT molecular complexity index is 404. The van der Waals surface area contributed by atoms with Crippen molar-refractivity contribution in [2.24, 2.45) is 5.73 Å². The first kappa shape index (κ1) is 11.5. The van der Waals surface area contributed by atoms with Gasteiger partial charge in [-0.05, 0) is 19.1 Å². The number of phenolic OH excluding ortho intramolecular Hbond substituents is 1. The van der Waals surface area contributed by atoms with E-state index in [9.17, 15) is 9.90 Å². The van der Waals surface area contributed by atoms with E-state index in [1.54, 1.807) is 19.1 Å². The van der Waals surface area contributed by atoms with E-state index in [1.165, 1.54) is 6.07 Å². The molecule has 0 saturated heterocycles. The molecule has 0 fully saturated rings. The first-order valence-corrected chi connectivity index (χ1v) is 4.78. The van der Waals surface area contributed by atoms with Crippen molar-refractivity contribution in [2.45, 2.75) is 6.92 Å². The van der Waals surface area contributed by atoms with E-state index < -0.39 is 0 Å². The Labute approximate surface area is 93.1 Å². The molecule has 5 heteroatoms. The van der Waals surface area contributed by atoms with Gasteiger partial charge in [0.25, 0.3) is 5.91 Å². The monoisotopic (exact) mass is 224 g/mol. The van der Waals surface area contributed by atoms with E-state index in [1.807, 2.05) is 0 Å². The smallest absolute Gasteiger partial charge is 0.252 e. The first-order valence-electron chi connectivity index (χ1n) is 4.37. The molecular weight excluding hydrogens is 212 g/mol. The highest BCUT2D eigenvalue weighted by Gasteiger charge is 2.10. The molecule has 0 aliphatic heterocycles. The number of amides is 1. The van der Waals surface area contributed by atoms with Crippen LogP contribution >= 0.6 is 12.2 Å². The molecule has 4 N–H and O–H groups in total. The van der Waals surface area contributed by atoms with Gasteiger partial charge in [-0.25, -0.2) is 0 Å². The van der Waals surface area contributed by atoms with Crippen LogP contribution in [-0.2, 0) is 0 Å². The van der Waals surface area contributed by atoms with Crippen LogP contribution in [0.3, 0.4) is 0 Å². The Balaban J connectivity index is 2.82. The molecule has 0 aromatic heterocycles. The Hall–Kier alpha value is -1.62. The van der Waals surface area contributed by atoms with Crippen molar-refractivity contribution in [2.75, 3.05) is 6.54 Å². The van der Waals surface area contributed by atoms with Gasteiger partial charge < -0.3 is 16.2 Å². The summed E-state index contributed by atoms with van der Waals surface area (Å²) >= 11 is 4.64. The highest BCUT2D eigenvalue weighted by atomic mass is 32.1. The van der Waals surface area contributed by atoms with E-state index >= 15 is 0 Å². The number of carbonyl (C=O) groups excluding carboxylic acids is 1. The third-order valence-electron chi connectivity index (χ3n) is 1.97. The largest absolute Gasteiger partial charge is 0.508 e. The van der Waals surface area contributed by atoms with Crippen molar-refractivity contribution in [3.63, 3.8) is 0 Å². The number of phenols is 1. The van der Waals surface area contributed by atoms with Gasteiger partial charge in [-0.1, -0.05) is 18.3 Å². The molecule has 15 heavy (non-hydrogen) atoms. The van der Waals surface area contributed by atoms with Crippen LogP contribution in [-0.4, -0.2) is 22.5 Å². The van der Waals surface area contributed by atoms with Crippen LogP contribution in [0.15, 0.2) is 18.2 Å². The minimum atomic E-state index is -0.295. The van der Waals surface area contributed by atoms with E-state index in [-0.39, 0.29) is 23.2 Å². The molecule has 4 nitrogen and oxygen atoms in total. The summed E-state index contributed by atoms with van der Waals surface area (Å²) in [6.07, 6.45) is 0. The summed E-state index contributed by atoms with van der Waals surface area (Å²) in [5.74, 6) is -0.200. The highest BCUT2D eigenvalue weighted by Crippen LogP contribution is 2.19. The molecule has 0 radical (unpaired) electrons. The molecule has 0 aliphatic rings. The fraction of sp³-hybridized carbons (Fsp3) is 0.200. The summed E-state index contributed by atoms with van der Waals surface area (Å²) in [4.78, 5) is 11.8. The van der Waals surface area contributed by atoms with E-state index in [0.717, 1.165) is 0 Å². The van der Waals surface area contributed by atoms with Crippen LogP contribution in [0.1, 0.15) is 15.9 Å². The second kappa shape index (κ2) is 4.75. The molecule has 0 unspecified atom stereocenters. The summed E-state index contributed by atoms with van der Waals surface area (Å²) in [5, 5.41) is 11.9. The molecule has 0 bridgehead atoms. The summed E-state index contributed by atoms with van der Waals surface area (Å²) in [5.41, 5.74) is 6.22. The lowest BCUT2D eigenvalue weighted by molar-refractivity contribution is 0.0958. The first-order chi connectivity index (χ1) is 7.02. The Morgan fingerprint density at radius 1 is 1.60 bits per heavy atom. The van der Waals surface area contributed by atoms with E-state index in [4.69, 9.17) is 5.73 Å². The standard InChI is InChI=1S/C10H12N2O2S/c1-6-7(3-2-4-8(6)13)10(14)12-5-9(11)15/h2-4,13H,5H2,1H3,(H2,11,15)(H,12,14). The second-order valence-corrected chi connectivity index (χ2v) is 3.62. The van der Waals surface area contributed by atoms with Crippen LogP contribution in [0.5, 0.6) is 5.75 Å². The van der Waals surface area contributed by atoms with Gasteiger partial charge in [0.05, 0.1) is 11.5 Å². The topological polar surface area (TPSA) is 75.3 Å². The van der Waals surface area contributed by atoms with Crippen molar-refractivity contribution < 1.29 is 9.90 Å². The van der Waals surface area contributed by atoms with Gasteiger partial charge >= 0.3 is 0 Å². The lowest BCUT2D eigenvalue weighted by Crippen LogP contribution is -2.32. The molecule has 0 saturated carbocycles. The van der Waals surface area contributed by atoms with Crippen molar-refractivity contribution in [3.8, 4) is 5.75 Å². The van der Waals surface area contributed by atoms with Crippen LogP contribution in [0.25, 0.3) is 0 Å². The van der Waals surface area contributed by atoms with Gasteiger partial charge in [-0.15, -0.1) is 0 Å². The fourth-order valence-electron chi connectivity index (χ4n) is 1.13. The summed E-state index contributed by atoms with van der Waals surface area (Å²) < 4.78 is 0. The Morgan fingerprint density at radius 3 is 2.87 bits per heavy atom. The molecule has 0 spiro atoms. The zero-order valence-electron chi connectivity index (χ0n) is 8.28. The summed E-state index contributed by atoms with van der Waals surface area (Å²) in [7, 11) is 0. The molecule has 0 aliphatic carbocycles. The number of benzene rings is 1. The minimum absolute atomic E-state index is 0.0953. The molecule has 80 valence electrons. The normalized spacial score (nSPS) is 9.67. The van der Waals surface area contributed by atoms with E-state index in [2.05, 4.69) is 17.5 Å². The number of nitrogens with one attached hydrogen (secondary N) is 1. The van der Waals surface area contributed by atoms with Crippen LogP contribution in [0.2, 0.25) is 0 Å². The van der Waals surface area contributed by atoms with Crippen molar-refractivity contribution >= 4 is 23.1 Å². The second-order valence-electron chi connectivity index (χ2n) is 3.10. The molecule has 1 aromatic rings. The fourth-order valence-corrected chi connectivity index (χ4v) is 1.20. The lowest BCUT2D eigenvalue weighted by Gasteiger charge is -2.07. The predicted octanol–water partition coefficient (Wildman–Crippen LogP) is 0.717. The molecule has 0 atom stereocenters. The maximum atomic E-state index is 11.6. The number of carbonyl (C=O) groups is 1. The van der Waals surface area contributed by atoms with Gasteiger partial charge in [0.15, 0.2) is 0 Å². The SMILES string of the molecule is Cc1c(O)cccc1C(=O)NCC(N)=S. The number of nitrogens with two attached hydrogens (primary N) is 1. The molecule has 0 heterocycles. The average molecular weight is 224 g/mol. The highest BCUT2D eigenvalue weighted by molar-refractivity contribution is 7.80. The third kappa shape index (κ3) is 2.92. The Morgan fingerprint density at radius 2 is 2.27 bits per heavy atom. The van der Waals surface area contributed by atoms with Crippen molar-refractivity contribution in [3.05, 3.63) is 29.3 Å². The van der Waals surface area contributed by atoms with Crippen molar-refractivity contribution in [1.29, 1.82) is 0 Å². The number of thiocarbonyl (C=S) groups is 1. The van der Waals surface area contributed by atoms with Crippen LogP contribution in [0.4, 0.5) is 0 Å². The molecule has 1 aromatic carbocycles. The van der Waals surface area contributed by atoms with Gasteiger partial charge in [-0.2, -0.15) is 0 Å². The zero-order valence-corrected chi connectivity index (χ0v) is 9.10. The summed E-state index contributed by atoms with van der Waals surface area (Å²) in [6.45, 7) is 1.83. The van der Waals surface area contributed by atoms with Gasteiger partial charge in [0, 0.05) is 11.1 Å². The minimum Gasteiger partial charge on any atom is -0.508 e. The molecule has 1 rings (SSSR count).